The van der Waals surface area contributed by atoms with Crippen LogP contribution in [0.1, 0.15) is 22.3 Å². The topological polar surface area (TPSA) is 84.9 Å². The highest BCUT2D eigenvalue weighted by Gasteiger charge is 2.35. The summed E-state index contributed by atoms with van der Waals surface area (Å²) in [6, 6.07) is 21.2. The van der Waals surface area contributed by atoms with E-state index in [0.29, 0.717) is 28.8 Å². The molecule has 1 aliphatic heterocycles. The van der Waals surface area contributed by atoms with Crippen LogP contribution in [-0.4, -0.2) is 31.4 Å². The summed E-state index contributed by atoms with van der Waals surface area (Å²) in [5.74, 6) is -0.886. The molecule has 1 fully saturated rings. The third-order valence-corrected chi connectivity index (χ3v) is 5.81. The van der Waals surface area contributed by atoms with Crippen molar-refractivity contribution in [1.29, 1.82) is 0 Å². The highest BCUT2D eigenvalue weighted by molar-refractivity contribution is 6.30. The molecule has 0 aliphatic carbocycles. The first-order valence-corrected chi connectivity index (χ1v) is 11.1. The summed E-state index contributed by atoms with van der Waals surface area (Å²) in [6.07, 6.45) is 0.0844. The number of rotatable bonds is 7. The van der Waals surface area contributed by atoms with Gasteiger partial charge in [-0.05, 0) is 54.1 Å². The summed E-state index contributed by atoms with van der Waals surface area (Å²) < 4.78 is 10.6. The number of nitrogens with zero attached hydrogens (tertiary/aromatic N) is 1. The van der Waals surface area contributed by atoms with Gasteiger partial charge in [-0.1, -0.05) is 35.9 Å². The van der Waals surface area contributed by atoms with Gasteiger partial charge in [-0.25, -0.2) is 4.79 Å². The molecule has 2 amide bonds. The number of methoxy groups -OCH3 is 1. The van der Waals surface area contributed by atoms with E-state index in [2.05, 4.69) is 5.32 Å². The third kappa shape index (κ3) is 5.38. The van der Waals surface area contributed by atoms with Crippen molar-refractivity contribution in [3.8, 4) is 5.75 Å². The lowest BCUT2D eigenvalue weighted by molar-refractivity contribution is -0.122. The molecule has 1 atom stereocenters. The lowest BCUT2D eigenvalue weighted by Crippen LogP contribution is -2.28. The van der Waals surface area contributed by atoms with Gasteiger partial charge in [0, 0.05) is 23.7 Å². The monoisotopic (exact) mass is 478 g/mol. The molecule has 174 valence electrons. The van der Waals surface area contributed by atoms with Crippen molar-refractivity contribution in [1.82, 2.24) is 0 Å². The van der Waals surface area contributed by atoms with Crippen LogP contribution in [-0.2, 0) is 20.9 Å². The first-order valence-electron chi connectivity index (χ1n) is 10.7. The summed E-state index contributed by atoms with van der Waals surface area (Å²) in [5.41, 5.74) is 2.29. The van der Waals surface area contributed by atoms with Gasteiger partial charge in [0.1, 0.15) is 12.4 Å². The van der Waals surface area contributed by atoms with E-state index in [1.807, 2.05) is 24.3 Å². The quantitative estimate of drug-likeness (QED) is 0.498. The number of carbonyl (C=O) groups excluding carboxylic acids is 3. The average Bonchev–Trinajstić information content (AvgIpc) is 3.25. The van der Waals surface area contributed by atoms with Crippen LogP contribution in [0.4, 0.5) is 11.4 Å². The smallest absolute Gasteiger partial charge is 0.339 e. The van der Waals surface area contributed by atoms with E-state index < -0.39 is 11.9 Å². The van der Waals surface area contributed by atoms with Gasteiger partial charge in [-0.15, -0.1) is 0 Å². The molecular formula is C26H23ClN2O5. The normalized spacial score (nSPS) is 15.2. The molecule has 3 aromatic rings. The standard InChI is InChI=1S/C26H23ClN2O5/c1-33-26(32)22-4-2-3-5-23(22)28-25(31)18-14-24(30)29(15-18)20-10-12-21(13-11-20)34-16-17-6-8-19(27)9-7-17/h2-13,18H,14-16H2,1H3,(H,28,31). The molecule has 1 saturated heterocycles. The number of anilines is 2. The van der Waals surface area contributed by atoms with Crippen molar-refractivity contribution in [2.75, 3.05) is 23.9 Å². The number of hydrogen-bond acceptors (Lipinski definition) is 5. The van der Waals surface area contributed by atoms with Crippen molar-refractivity contribution in [2.45, 2.75) is 13.0 Å². The van der Waals surface area contributed by atoms with Gasteiger partial charge >= 0.3 is 5.97 Å². The number of hydrogen-bond donors (Lipinski definition) is 1. The molecule has 34 heavy (non-hydrogen) atoms. The predicted molar refractivity (Wildman–Crippen MR) is 129 cm³/mol. The van der Waals surface area contributed by atoms with Crippen LogP contribution < -0.4 is 15.0 Å². The Bertz CT molecular complexity index is 1190. The Labute approximate surface area is 202 Å². The van der Waals surface area contributed by atoms with E-state index in [9.17, 15) is 14.4 Å². The minimum Gasteiger partial charge on any atom is -0.489 e. The van der Waals surface area contributed by atoms with Crippen molar-refractivity contribution < 1.29 is 23.9 Å². The minimum absolute atomic E-state index is 0.0844. The Kier molecular flexibility index (Phi) is 7.13. The number of esters is 1. The lowest BCUT2D eigenvalue weighted by Gasteiger charge is -2.17. The molecule has 4 rings (SSSR count). The molecular weight excluding hydrogens is 456 g/mol. The SMILES string of the molecule is COC(=O)c1ccccc1NC(=O)C1CC(=O)N(c2ccc(OCc3ccc(Cl)cc3)cc2)C1. The highest BCUT2D eigenvalue weighted by atomic mass is 35.5. The molecule has 0 spiro atoms. The number of nitrogens with one attached hydrogen (secondary N) is 1. The number of ether oxygens (including phenoxy) is 2. The maximum atomic E-state index is 12.8. The molecule has 1 aliphatic rings. The van der Waals surface area contributed by atoms with Crippen molar-refractivity contribution in [3.63, 3.8) is 0 Å². The van der Waals surface area contributed by atoms with Gasteiger partial charge in [-0.3, -0.25) is 9.59 Å². The van der Waals surface area contributed by atoms with Crippen molar-refractivity contribution in [2.24, 2.45) is 5.92 Å². The fourth-order valence-corrected chi connectivity index (χ4v) is 3.84. The summed E-state index contributed by atoms with van der Waals surface area (Å²) >= 11 is 5.90. The van der Waals surface area contributed by atoms with Gasteiger partial charge in [0.15, 0.2) is 0 Å². The maximum Gasteiger partial charge on any atom is 0.339 e. The molecule has 3 aromatic carbocycles. The fourth-order valence-electron chi connectivity index (χ4n) is 3.72. The highest BCUT2D eigenvalue weighted by Crippen LogP contribution is 2.28. The zero-order valence-electron chi connectivity index (χ0n) is 18.5. The van der Waals surface area contributed by atoms with Gasteiger partial charge < -0.3 is 19.7 Å². The second kappa shape index (κ2) is 10.4. The van der Waals surface area contributed by atoms with Crippen LogP contribution in [0.25, 0.3) is 0 Å². The van der Waals surface area contributed by atoms with E-state index in [4.69, 9.17) is 21.1 Å². The van der Waals surface area contributed by atoms with Gasteiger partial charge in [0.05, 0.1) is 24.3 Å². The van der Waals surface area contributed by atoms with Gasteiger partial charge in [0.25, 0.3) is 0 Å². The van der Waals surface area contributed by atoms with Crippen LogP contribution >= 0.6 is 11.6 Å². The molecule has 0 aromatic heterocycles. The summed E-state index contributed by atoms with van der Waals surface area (Å²) in [5, 5.41) is 3.43. The largest absolute Gasteiger partial charge is 0.489 e. The number of carbonyl (C=O) groups is 3. The number of benzene rings is 3. The average molecular weight is 479 g/mol. The Morgan fingerprint density at radius 3 is 2.44 bits per heavy atom. The fraction of sp³-hybridized carbons (Fsp3) is 0.192. The first-order chi connectivity index (χ1) is 16.4. The molecule has 1 unspecified atom stereocenters. The molecule has 1 N–H and O–H groups in total. The Morgan fingerprint density at radius 1 is 1.03 bits per heavy atom. The number of para-hydroxylation sites is 1. The van der Waals surface area contributed by atoms with Crippen molar-refractivity contribution in [3.05, 3.63) is 88.9 Å². The zero-order chi connectivity index (χ0) is 24.1. The van der Waals surface area contributed by atoms with Gasteiger partial charge in [0.2, 0.25) is 11.8 Å². The molecule has 7 nitrogen and oxygen atoms in total. The van der Waals surface area contributed by atoms with E-state index in [1.165, 1.54) is 7.11 Å². The Balaban J connectivity index is 1.37. The third-order valence-electron chi connectivity index (χ3n) is 5.55. The second-order valence-electron chi connectivity index (χ2n) is 7.84. The second-order valence-corrected chi connectivity index (χ2v) is 8.28. The lowest BCUT2D eigenvalue weighted by atomic mass is 10.1. The van der Waals surface area contributed by atoms with E-state index in [1.54, 1.807) is 53.4 Å². The van der Waals surface area contributed by atoms with Crippen LogP contribution in [0.2, 0.25) is 5.02 Å². The zero-order valence-corrected chi connectivity index (χ0v) is 19.2. The van der Waals surface area contributed by atoms with Crippen LogP contribution in [0.3, 0.4) is 0 Å². The summed E-state index contributed by atoms with van der Waals surface area (Å²) in [7, 11) is 1.28. The molecule has 1 heterocycles. The summed E-state index contributed by atoms with van der Waals surface area (Å²) in [4.78, 5) is 39.0. The van der Waals surface area contributed by atoms with Crippen molar-refractivity contribution >= 4 is 40.8 Å². The predicted octanol–water partition coefficient (Wildman–Crippen LogP) is 4.70. The van der Waals surface area contributed by atoms with Gasteiger partial charge in [-0.2, -0.15) is 0 Å². The number of amides is 2. The molecule has 0 radical (unpaired) electrons. The Morgan fingerprint density at radius 2 is 1.74 bits per heavy atom. The van der Waals surface area contributed by atoms with Crippen LogP contribution in [0, 0.1) is 5.92 Å². The van der Waals surface area contributed by atoms with E-state index in [0.717, 1.165) is 5.56 Å². The van der Waals surface area contributed by atoms with Crippen LogP contribution in [0.15, 0.2) is 72.8 Å². The summed E-state index contributed by atoms with van der Waals surface area (Å²) in [6.45, 7) is 0.643. The molecule has 0 bridgehead atoms. The first kappa shape index (κ1) is 23.3. The Hall–Kier alpha value is -3.84. The molecule has 8 heteroatoms. The van der Waals surface area contributed by atoms with E-state index in [-0.39, 0.29) is 30.3 Å². The number of halogens is 1. The minimum atomic E-state index is -0.543. The van der Waals surface area contributed by atoms with Crippen LogP contribution in [0.5, 0.6) is 5.75 Å². The maximum absolute atomic E-state index is 12.8. The molecule has 0 saturated carbocycles. The van der Waals surface area contributed by atoms with E-state index >= 15 is 0 Å².